The fourth-order valence-electron chi connectivity index (χ4n) is 2.57. The van der Waals surface area contributed by atoms with E-state index in [1.54, 1.807) is 24.3 Å². The number of nitrogens with one attached hydrogen (secondary N) is 1. The van der Waals surface area contributed by atoms with E-state index in [0.717, 1.165) is 0 Å². The van der Waals surface area contributed by atoms with Crippen molar-refractivity contribution in [3.8, 4) is 0 Å². The molecule has 8 heteroatoms. The number of carbonyl (C=O) groups is 2. The minimum Gasteiger partial charge on any atom is -0.465 e. The molecule has 0 saturated heterocycles. The maximum atomic E-state index is 13.2. The molecule has 7 nitrogen and oxygen atoms in total. The van der Waals surface area contributed by atoms with Crippen molar-refractivity contribution in [1.82, 2.24) is 10.2 Å². The van der Waals surface area contributed by atoms with Crippen molar-refractivity contribution >= 4 is 27.9 Å². The van der Waals surface area contributed by atoms with Crippen LogP contribution in [0.15, 0.2) is 54.0 Å². The molecule has 1 aromatic rings. The third-order valence-electron chi connectivity index (χ3n) is 3.64. The molecule has 0 saturated carbocycles. The lowest BCUT2D eigenvalue weighted by atomic mass is 10.1. The number of rotatable bonds is 10. The Morgan fingerprint density at radius 3 is 2.35 bits per heavy atom. The van der Waals surface area contributed by atoms with Gasteiger partial charge >= 0.3 is 6.09 Å². The zero-order valence-electron chi connectivity index (χ0n) is 14.8. The predicted molar refractivity (Wildman–Crippen MR) is 102 cm³/mol. The number of halogens is 1. The van der Waals surface area contributed by atoms with Gasteiger partial charge in [-0.3, -0.25) is 9.69 Å². The van der Waals surface area contributed by atoms with Crippen molar-refractivity contribution in [1.29, 1.82) is 0 Å². The molecular weight excluding hydrogens is 404 g/mol. The summed E-state index contributed by atoms with van der Waals surface area (Å²) in [5.74, 6) is -2.10. The van der Waals surface area contributed by atoms with Crippen molar-refractivity contribution in [2.45, 2.75) is 18.4 Å². The summed E-state index contributed by atoms with van der Waals surface area (Å²) >= 11 is 3.25. The number of ether oxygens (including phenoxy) is 2. The summed E-state index contributed by atoms with van der Waals surface area (Å²) in [6.07, 6.45) is 0.251. The van der Waals surface area contributed by atoms with Gasteiger partial charge in [0, 0.05) is 24.3 Å². The van der Waals surface area contributed by atoms with Crippen LogP contribution in [0, 0.1) is 0 Å². The Balaban J connectivity index is 3.44. The second-order valence-corrected chi connectivity index (χ2v) is 6.45. The Kier molecular flexibility index (Phi) is 8.50. The van der Waals surface area contributed by atoms with Crippen LogP contribution in [-0.2, 0) is 20.2 Å². The molecule has 0 heterocycles. The number of benzene rings is 1. The van der Waals surface area contributed by atoms with Crippen molar-refractivity contribution in [2.75, 3.05) is 20.8 Å². The molecule has 1 aromatic carbocycles. The van der Waals surface area contributed by atoms with E-state index in [2.05, 4.69) is 34.4 Å². The maximum absolute atomic E-state index is 13.2. The summed E-state index contributed by atoms with van der Waals surface area (Å²) in [6.45, 7) is 7.38. The van der Waals surface area contributed by atoms with Gasteiger partial charge in [0.1, 0.15) is 6.04 Å². The van der Waals surface area contributed by atoms with Crippen molar-refractivity contribution in [3.05, 3.63) is 59.6 Å². The Morgan fingerprint density at radius 2 is 1.92 bits per heavy atom. The van der Waals surface area contributed by atoms with E-state index in [9.17, 15) is 9.59 Å². The molecule has 0 aliphatic carbocycles. The van der Waals surface area contributed by atoms with E-state index in [-0.39, 0.29) is 13.0 Å². The van der Waals surface area contributed by atoms with Gasteiger partial charge in [0.15, 0.2) is 0 Å². The average molecular weight is 427 g/mol. The first kappa shape index (κ1) is 21.9. The topological polar surface area (TPSA) is 88.1 Å². The summed E-state index contributed by atoms with van der Waals surface area (Å²) in [5, 5.41) is 11.3. The van der Waals surface area contributed by atoms with Crippen LogP contribution in [-0.4, -0.2) is 48.8 Å². The number of carboxylic acid groups (broad SMARTS) is 1. The minimum absolute atomic E-state index is 0.0321. The van der Waals surface area contributed by atoms with E-state index in [4.69, 9.17) is 14.6 Å². The Hall–Kier alpha value is -2.16. The fraction of sp³-hybridized carbons (Fsp3) is 0.333. The van der Waals surface area contributed by atoms with Crippen molar-refractivity contribution in [3.63, 3.8) is 0 Å². The standard InChI is InChI=1S/C18H23BrN2O5/c1-5-9-15(20-17(23)24)16(22)21(12-13(2)19)18(25-3,26-4)14-10-7-6-8-11-14/h5-8,10-11,15,20H,1-2,9,12H2,3-4H3,(H,23,24). The van der Waals surface area contributed by atoms with Crippen LogP contribution in [0.1, 0.15) is 12.0 Å². The van der Waals surface area contributed by atoms with Gasteiger partial charge in [0.05, 0.1) is 6.54 Å². The molecule has 2 N–H and O–H groups in total. The number of amides is 2. The molecule has 0 aromatic heterocycles. The van der Waals surface area contributed by atoms with E-state index in [0.29, 0.717) is 10.0 Å². The summed E-state index contributed by atoms with van der Waals surface area (Å²) in [6, 6.07) is 7.83. The zero-order chi connectivity index (χ0) is 19.7. The minimum atomic E-state index is -1.56. The first-order chi connectivity index (χ1) is 12.3. The summed E-state index contributed by atoms with van der Waals surface area (Å²) in [4.78, 5) is 25.5. The van der Waals surface area contributed by atoms with E-state index in [1.165, 1.54) is 25.2 Å². The highest BCUT2D eigenvalue weighted by Crippen LogP contribution is 2.32. The molecule has 0 bridgehead atoms. The van der Waals surface area contributed by atoms with Gasteiger partial charge in [0.2, 0.25) is 5.91 Å². The third-order valence-corrected chi connectivity index (χ3v) is 3.89. The first-order valence-corrected chi connectivity index (χ1v) is 8.52. The van der Waals surface area contributed by atoms with Crippen LogP contribution >= 0.6 is 15.9 Å². The summed E-state index contributed by atoms with van der Waals surface area (Å²) < 4.78 is 11.7. The van der Waals surface area contributed by atoms with Crippen LogP contribution in [0.3, 0.4) is 0 Å². The number of methoxy groups -OCH3 is 2. The number of hydrogen-bond donors (Lipinski definition) is 2. The Labute approximate surface area is 161 Å². The molecule has 0 spiro atoms. The lowest BCUT2D eigenvalue weighted by Gasteiger charge is -2.42. The quantitative estimate of drug-likeness (QED) is 0.443. The summed E-state index contributed by atoms with van der Waals surface area (Å²) in [7, 11) is 2.81. The van der Waals surface area contributed by atoms with Gasteiger partial charge in [-0.05, 0) is 6.42 Å². The number of carbonyl (C=O) groups excluding carboxylic acids is 1. The van der Waals surface area contributed by atoms with Crippen LogP contribution in [0.2, 0.25) is 0 Å². The van der Waals surface area contributed by atoms with Crippen molar-refractivity contribution in [2.24, 2.45) is 0 Å². The molecule has 1 unspecified atom stereocenters. The lowest BCUT2D eigenvalue weighted by molar-refractivity contribution is -0.296. The average Bonchev–Trinajstić information content (AvgIpc) is 2.61. The molecule has 142 valence electrons. The second-order valence-electron chi connectivity index (χ2n) is 5.32. The van der Waals surface area contributed by atoms with Crippen LogP contribution < -0.4 is 5.32 Å². The van der Waals surface area contributed by atoms with Crippen LogP contribution in [0.5, 0.6) is 0 Å². The highest BCUT2D eigenvalue weighted by atomic mass is 79.9. The summed E-state index contributed by atoms with van der Waals surface area (Å²) in [5.41, 5.74) is 0.569. The SMILES string of the molecule is C=CCC(NC(=O)O)C(=O)N(CC(=C)Br)C(OC)(OC)c1ccccc1. The van der Waals surface area contributed by atoms with Gasteiger partial charge in [-0.15, -0.1) is 6.58 Å². The van der Waals surface area contributed by atoms with E-state index >= 15 is 0 Å². The lowest BCUT2D eigenvalue weighted by Crippen LogP contribution is -2.58. The van der Waals surface area contributed by atoms with E-state index in [1.807, 2.05) is 6.07 Å². The normalized spacial score (nSPS) is 12.1. The molecule has 1 atom stereocenters. The van der Waals surface area contributed by atoms with Gasteiger partial charge in [-0.2, -0.15) is 0 Å². The van der Waals surface area contributed by atoms with Gasteiger partial charge in [-0.25, -0.2) is 4.79 Å². The van der Waals surface area contributed by atoms with Crippen molar-refractivity contribution < 1.29 is 24.2 Å². The van der Waals surface area contributed by atoms with Gasteiger partial charge in [0.25, 0.3) is 5.91 Å². The molecule has 26 heavy (non-hydrogen) atoms. The molecular formula is C18H23BrN2O5. The van der Waals surface area contributed by atoms with Gasteiger partial charge < -0.3 is 19.9 Å². The Bertz CT molecular complexity index is 646. The smallest absolute Gasteiger partial charge is 0.405 e. The van der Waals surface area contributed by atoms with Crippen LogP contribution in [0.25, 0.3) is 0 Å². The third kappa shape index (κ3) is 5.17. The zero-order valence-corrected chi connectivity index (χ0v) is 16.4. The second kappa shape index (κ2) is 10.1. The molecule has 0 radical (unpaired) electrons. The maximum Gasteiger partial charge on any atom is 0.405 e. The Morgan fingerprint density at radius 1 is 1.35 bits per heavy atom. The first-order valence-electron chi connectivity index (χ1n) is 7.73. The van der Waals surface area contributed by atoms with Gasteiger partial charge in [-0.1, -0.05) is 58.9 Å². The molecule has 2 amide bonds. The molecule has 0 aliphatic rings. The molecule has 0 aliphatic heterocycles. The van der Waals surface area contributed by atoms with E-state index < -0.39 is 24.0 Å². The highest BCUT2D eigenvalue weighted by molar-refractivity contribution is 9.11. The fourth-order valence-corrected chi connectivity index (χ4v) is 2.82. The molecule has 1 rings (SSSR count). The number of hydrogen-bond acceptors (Lipinski definition) is 4. The van der Waals surface area contributed by atoms with Crippen LogP contribution in [0.4, 0.5) is 4.79 Å². The molecule has 0 fully saturated rings. The monoisotopic (exact) mass is 426 g/mol. The largest absolute Gasteiger partial charge is 0.465 e. The predicted octanol–water partition coefficient (Wildman–Crippen LogP) is 3.04. The number of nitrogens with zero attached hydrogens (tertiary/aromatic N) is 1. The highest BCUT2D eigenvalue weighted by Gasteiger charge is 2.44.